The van der Waals surface area contributed by atoms with Gasteiger partial charge in [0.25, 0.3) is 0 Å². The van der Waals surface area contributed by atoms with Crippen molar-refractivity contribution in [2.45, 2.75) is 32.1 Å². The van der Waals surface area contributed by atoms with Gasteiger partial charge in [0.15, 0.2) is 5.65 Å². The van der Waals surface area contributed by atoms with Crippen molar-refractivity contribution in [3.63, 3.8) is 0 Å². The summed E-state index contributed by atoms with van der Waals surface area (Å²) in [7, 11) is 0. The van der Waals surface area contributed by atoms with Crippen LogP contribution in [-0.2, 0) is 6.42 Å². The lowest BCUT2D eigenvalue weighted by molar-refractivity contribution is 0.449. The Morgan fingerprint density at radius 1 is 1.20 bits per heavy atom. The van der Waals surface area contributed by atoms with Crippen LogP contribution >= 0.6 is 0 Å². The van der Waals surface area contributed by atoms with E-state index in [0.29, 0.717) is 5.92 Å². The normalized spacial score (nSPS) is 19.6. The van der Waals surface area contributed by atoms with Gasteiger partial charge in [-0.2, -0.15) is 5.10 Å². The van der Waals surface area contributed by atoms with E-state index in [4.69, 9.17) is 4.98 Å². The third kappa shape index (κ3) is 2.68. The van der Waals surface area contributed by atoms with E-state index in [0.717, 1.165) is 23.3 Å². The van der Waals surface area contributed by atoms with Crippen LogP contribution < -0.4 is 0 Å². The number of nitrogens with zero attached hydrogens (tertiary/aromatic N) is 4. The number of rotatable bonds is 3. The van der Waals surface area contributed by atoms with Gasteiger partial charge in [-0.1, -0.05) is 17.7 Å². The zero-order valence-electron chi connectivity index (χ0n) is 14.1. The molecule has 0 saturated heterocycles. The SMILES string of the molecule is C1=CC2=C(C1)CCC(Cc1cc(-c3cccnc3)nc3ccnn13)C2. The van der Waals surface area contributed by atoms with Gasteiger partial charge in [-0.15, -0.1) is 0 Å². The molecule has 4 heteroatoms. The lowest BCUT2D eigenvalue weighted by atomic mass is 9.82. The summed E-state index contributed by atoms with van der Waals surface area (Å²) in [4.78, 5) is 8.99. The van der Waals surface area contributed by atoms with E-state index >= 15 is 0 Å². The Balaban J connectivity index is 1.50. The van der Waals surface area contributed by atoms with E-state index in [1.165, 1.54) is 31.4 Å². The Morgan fingerprint density at radius 3 is 3.12 bits per heavy atom. The van der Waals surface area contributed by atoms with Crippen LogP contribution in [-0.4, -0.2) is 19.6 Å². The molecular weight excluding hydrogens is 308 g/mol. The van der Waals surface area contributed by atoms with Crippen molar-refractivity contribution < 1.29 is 0 Å². The molecule has 4 nitrogen and oxygen atoms in total. The van der Waals surface area contributed by atoms with Crippen LogP contribution in [0.5, 0.6) is 0 Å². The summed E-state index contributed by atoms with van der Waals surface area (Å²) in [5, 5.41) is 4.50. The first-order valence-electron chi connectivity index (χ1n) is 8.98. The van der Waals surface area contributed by atoms with Gasteiger partial charge in [0, 0.05) is 29.7 Å². The van der Waals surface area contributed by atoms with Crippen LogP contribution in [0.2, 0.25) is 0 Å². The first-order chi connectivity index (χ1) is 12.4. The maximum absolute atomic E-state index is 4.75. The largest absolute Gasteiger partial charge is 0.264 e. The summed E-state index contributed by atoms with van der Waals surface area (Å²) in [5.41, 5.74) is 7.42. The second-order valence-corrected chi connectivity index (χ2v) is 7.02. The fraction of sp³-hybridized carbons (Fsp3) is 0.286. The second kappa shape index (κ2) is 5.96. The van der Waals surface area contributed by atoms with Crippen molar-refractivity contribution in [1.29, 1.82) is 0 Å². The lowest BCUT2D eigenvalue weighted by Gasteiger charge is -2.24. The summed E-state index contributed by atoms with van der Waals surface area (Å²) < 4.78 is 1.99. The molecule has 5 rings (SSSR count). The predicted octanol–water partition coefficient (Wildman–Crippen LogP) is 4.39. The van der Waals surface area contributed by atoms with Gasteiger partial charge in [-0.25, -0.2) is 9.50 Å². The minimum Gasteiger partial charge on any atom is -0.264 e. The Labute approximate surface area is 146 Å². The first-order valence-corrected chi connectivity index (χ1v) is 8.98. The van der Waals surface area contributed by atoms with Gasteiger partial charge in [0.05, 0.1) is 11.9 Å². The fourth-order valence-corrected chi connectivity index (χ4v) is 4.11. The molecule has 124 valence electrons. The zero-order chi connectivity index (χ0) is 16.6. The molecule has 2 aliphatic carbocycles. The smallest absolute Gasteiger partial charge is 0.155 e. The lowest BCUT2D eigenvalue weighted by Crippen LogP contribution is -2.14. The third-order valence-corrected chi connectivity index (χ3v) is 5.39. The molecular formula is C21H20N4. The Morgan fingerprint density at radius 2 is 2.20 bits per heavy atom. The molecule has 0 aliphatic heterocycles. The molecule has 0 N–H and O–H groups in total. The van der Waals surface area contributed by atoms with E-state index < -0.39 is 0 Å². The van der Waals surface area contributed by atoms with Crippen molar-refractivity contribution >= 4 is 5.65 Å². The van der Waals surface area contributed by atoms with Gasteiger partial charge in [0.1, 0.15) is 0 Å². The Bertz CT molecular complexity index is 982. The van der Waals surface area contributed by atoms with Crippen LogP contribution in [0.4, 0.5) is 0 Å². The van der Waals surface area contributed by atoms with Gasteiger partial charge in [-0.05, 0) is 61.8 Å². The van der Waals surface area contributed by atoms with Crippen LogP contribution in [0.15, 0.2) is 66.2 Å². The Hall–Kier alpha value is -2.75. The van der Waals surface area contributed by atoms with E-state index in [1.54, 1.807) is 17.3 Å². The summed E-state index contributed by atoms with van der Waals surface area (Å²) >= 11 is 0. The van der Waals surface area contributed by atoms with Crippen molar-refractivity contribution in [1.82, 2.24) is 19.6 Å². The third-order valence-electron chi connectivity index (χ3n) is 5.39. The van der Waals surface area contributed by atoms with Gasteiger partial charge in [-0.3, -0.25) is 4.98 Å². The Kier molecular flexibility index (Phi) is 3.47. The molecule has 0 aromatic carbocycles. The molecule has 0 amide bonds. The number of allylic oxidation sites excluding steroid dienone is 4. The van der Waals surface area contributed by atoms with Crippen molar-refractivity contribution in [3.05, 3.63) is 71.8 Å². The average molecular weight is 328 g/mol. The summed E-state index contributed by atoms with van der Waals surface area (Å²) in [5.74, 6) is 0.679. The van der Waals surface area contributed by atoms with Gasteiger partial charge < -0.3 is 0 Å². The molecule has 1 unspecified atom stereocenters. The summed E-state index contributed by atoms with van der Waals surface area (Å²) in [6.07, 6.45) is 16.1. The minimum atomic E-state index is 0.679. The highest BCUT2D eigenvalue weighted by atomic mass is 15.2. The highest BCUT2D eigenvalue weighted by molar-refractivity contribution is 5.61. The average Bonchev–Trinajstić information content (AvgIpc) is 3.31. The van der Waals surface area contributed by atoms with Crippen LogP contribution in [0, 0.1) is 5.92 Å². The number of pyridine rings is 1. The molecule has 2 aliphatic rings. The van der Waals surface area contributed by atoms with Crippen molar-refractivity contribution in [3.8, 4) is 11.3 Å². The maximum Gasteiger partial charge on any atom is 0.155 e. The monoisotopic (exact) mass is 328 g/mol. The van der Waals surface area contributed by atoms with Crippen LogP contribution in [0.25, 0.3) is 16.9 Å². The highest BCUT2D eigenvalue weighted by Gasteiger charge is 2.23. The number of hydrogen-bond acceptors (Lipinski definition) is 3. The van der Waals surface area contributed by atoms with Crippen molar-refractivity contribution in [2.75, 3.05) is 0 Å². The number of fused-ring (bicyclic) bond motifs is 1. The molecule has 0 saturated carbocycles. The fourth-order valence-electron chi connectivity index (χ4n) is 4.11. The van der Waals surface area contributed by atoms with E-state index in [-0.39, 0.29) is 0 Å². The first kappa shape index (κ1) is 14.6. The highest BCUT2D eigenvalue weighted by Crippen LogP contribution is 2.37. The molecule has 3 aromatic heterocycles. The molecule has 0 bridgehead atoms. The molecule has 3 aromatic rings. The predicted molar refractivity (Wildman–Crippen MR) is 98.0 cm³/mol. The molecule has 0 radical (unpaired) electrons. The quantitative estimate of drug-likeness (QED) is 0.716. The standard InChI is InChI=1S/C21H20N4/c1-3-16-7-6-15(11-17(16)4-1)12-19-13-20(18-5-2-9-22-14-18)24-21-8-10-23-25(19)21/h1-2,4-5,8-10,13-15H,3,6-7,11-12H2. The molecule has 0 spiro atoms. The van der Waals surface area contributed by atoms with Crippen molar-refractivity contribution in [2.24, 2.45) is 5.92 Å². The van der Waals surface area contributed by atoms with Gasteiger partial charge in [0.2, 0.25) is 0 Å². The summed E-state index contributed by atoms with van der Waals surface area (Å²) in [6.45, 7) is 0. The van der Waals surface area contributed by atoms with Crippen LogP contribution in [0.1, 0.15) is 31.4 Å². The molecule has 1 atom stereocenters. The van der Waals surface area contributed by atoms with E-state index in [2.05, 4.69) is 34.4 Å². The molecule has 0 fully saturated rings. The minimum absolute atomic E-state index is 0.679. The zero-order valence-corrected chi connectivity index (χ0v) is 14.1. The van der Waals surface area contributed by atoms with Crippen LogP contribution in [0.3, 0.4) is 0 Å². The number of hydrogen-bond donors (Lipinski definition) is 0. The molecule has 3 heterocycles. The maximum atomic E-state index is 4.75. The molecule has 25 heavy (non-hydrogen) atoms. The van der Waals surface area contributed by atoms with Gasteiger partial charge >= 0.3 is 0 Å². The topological polar surface area (TPSA) is 43.1 Å². The number of aromatic nitrogens is 4. The second-order valence-electron chi connectivity index (χ2n) is 7.02. The van der Waals surface area contributed by atoms with E-state index in [9.17, 15) is 0 Å². The summed E-state index contributed by atoms with van der Waals surface area (Å²) in [6, 6.07) is 8.18. The van der Waals surface area contributed by atoms with E-state index in [1.807, 2.05) is 29.0 Å².